The normalized spacial score (nSPS) is 13.8. The van der Waals surface area contributed by atoms with E-state index >= 15 is 0 Å². The number of fused-ring (bicyclic) bond motifs is 3. The molecule has 1 saturated carbocycles. The zero-order valence-corrected chi connectivity index (χ0v) is 19.3. The van der Waals surface area contributed by atoms with Crippen LogP contribution in [0.3, 0.4) is 0 Å². The highest BCUT2D eigenvalue weighted by atomic mass is 16.5. The molecule has 0 atom stereocenters. The second-order valence-electron chi connectivity index (χ2n) is 8.74. The molecule has 0 spiro atoms. The molecule has 1 aliphatic carbocycles. The molecule has 1 aromatic carbocycles. The van der Waals surface area contributed by atoms with Gasteiger partial charge in [-0.05, 0) is 45.7 Å². The molecule has 2 N–H and O–H groups in total. The van der Waals surface area contributed by atoms with Crippen molar-refractivity contribution in [3.8, 4) is 16.9 Å². The Hall–Kier alpha value is -3.88. The van der Waals surface area contributed by atoms with Crippen LogP contribution in [0.5, 0.6) is 5.75 Å². The fraction of sp³-hybridized carbons (Fsp3) is 0.333. The van der Waals surface area contributed by atoms with Crippen LogP contribution in [0.4, 0.5) is 11.6 Å². The minimum Gasteiger partial charge on any atom is -0.496 e. The molecule has 168 valence electrons. The lowest BCUT2D eigenvalue weighted by molar-refractivity contribution is 0.393. The molecule has 4 heterocycles. The Kier molecular flexibility index (Phi) is 4.23. The van der Waals surface area contributed by atoms with Gasteiger partial charge in [-0.25, -0.2) is 9.97 Å². The molecule has 0 amide bonds. The van der Waals surface area contributed by atoms with E-state index < -0.39 is 0 Å². The molecule has 6 rings (SSSR count). The summed E-state index contributed by atoms with van der Waals surface area (Å²) in [5, 5.41) is 14.2. The van der Waals surface area contributed by atoms with Gasteiger partial charge in [-0.2, -0.15) is 5.10 Å². The van der Waals surface area contributed by atoms with Gasteiger partial charge in [0.2, 0.25) is 0 Å². The first-order valence-corrected chi connectivity index (χ1v) is 11.0. The van der Waals surface area contributed by atoms with Crippen molar-refractivity contribution >= 4 is 33.6 Å². The first-order valence-electron chi connectivity index (χ1n) is 11.0. The van der Waals surface area contributed by atoms with E-state index in [1.165, 1.54) is 12.8 Å². The topological polar surface area (TPSA) is 107 Å². The van der Waals surface area contributed by atoms with Crippen molar-refractivity contribution in [2.24, 2.45) is 7.05 Å². The maximum absolute atomic E-state index is 5.78. The van der Waals surface area contributed by atoms with Crippen molar-refractivity contribution in [3.63, 3.8) is 0 Å². The van der Waals surface area contributed by atoms with E-state index in [1.54, 1.807) is 7.11 Å². The van der Waals surface area contributed by atoms with Gasteiger partial charge in [0.1, 0.15) is 34.6 Å². The zero-order chi connectivity index (χ0) is 22.9. The summed E-state index contributed by atoms with van der Waals surface area (Å²) < 4.78 is 13.1. The third-order valence-electron chi connectivity index (χ3n) is 6.33. The number of aromatic nitrogens is 6. The number of aryl methyl sites for hydroxylation is 4. The van der Waals surface area contributed by atoms with Gasteiger partial charge in [-0.3, -0.25) is 4.68 Å². The van der Waals surface area contributed by atoms with Crippen molar-refractivity contribution in [1.82, 2.24) is 29.9 Å². The fourth-order valence-electron chi connectivity index (χ4n) is 4.56. The summed E-state index contributed by atoms with van der Waals surface area (Å²) in [5.41, 5.74) is 5.52. The number of hydrogen-bond donors (Lipinski definition) is 2. The molecular weight excluding hydrogens is 418 g/mol. The van der Waals surface area contributed by atoms with Crippen molar-refractivity contribution in [2.45, 2.75) is 39.5 Å². The second-order valence-corrected chi connectivity index (χ2v) is 8.74. The molecule has 1 fully saturated rings. The fourth-order valence-corrected chi connectivity index (χ4v) is 4.56. The van der Waals surface area contributed by atoms with E-state index in [1.807, 2.05) is 38.6 Å². The quantitative estimate of drug-likeness (QED) is 0.391. The van der Waals surface area contributed by atoms with E-state index in [4.69, 9.17) is 14.2 Å². The monoisotopic (exact) mass is 443 g/mol. The summed E-state index contributed by atoms with van der Waals surface area (Å²) in [5.74, 6) is 4.40. The molecule has 0 unspecified atom stereocenters. The molecule has 33 heavy (non-hydrogen) atoms. The van der Waals surface area contributed by atoms with Crippen LogP contribution in [0.2, 0.25) is 0 Å². The van der Waals surface area contributed by atoms with Crippen LogP contribution < -0.4 is 10.1 Å². The van der Waals surface area contributed by atoms with E-state index in [2.05, 4.69) is 37.7 Å². The van der Waals surface area contributed by atoms with Gasteiger partial charge in [-0.15, -0.1) is 0 Å². The molecular formula is C24H25N7O2. The number of rotatable bonds is 5. The molecule has 0 radical (unpaired) electrons. The number of aromatic amines is 1. The second kappa shape index (κ2) is 7.06. The molecule has 0 saturated heterocycles. The molecule has 9 heteroatoms. The maximum Gasteiger partial charge on any atom is 0.145 e. The molecule has 0 aliphatic heterocycles. The smallest absolute Gasteiger partial charge is 0.145 e. The van der Waals surface area contributed by atoms with Gasteiger partial charge in [0.15, 0.2) is 0 Å². The maximum atomic E-state index is 5.78. The summed E-state index contributed by atoms with van der Waals surface area (Å²) in [4.78, 5) is 12.9. The van der Waals surface area contributed by atoms with Crippen molar-refractivity contribution in [2.75, 3.05) is 12.4 Å². The van der Waals surface area contributed by atoms with Crippen molar-refractivity contribution in [3.05, 3.63) is 41.2 Å². The Morgan fingerprint density at radius 3 is 2.67 bits per heavy atom. The molecule has 4 aromatic heterocycles. The summed E-state index contributed by atoms with van der Waals surface area (Å²) in [6, 6.07) is 6.21. The minimum absolute atomic E-state index is 0.582. The molecule has 1 aliphatic rings. The largest absolute Gasteiger partial charge is 0.496 e. The number of anilines is 2. The van der Waals surface area contributed by atoms with Crippen molar-refractivity contribution < 1.29 is 9.26 Å². The lowest BCUT2D eigenvalue weighted by Crippen LogP contribution is -2.03. The Morgan fingerprint density at radius 2 is 1.97 bits per heavy atom. The molecule has 5 aromatic rings. The molecule has 0 bridgehead atoms. The van der Waals surface area contributed by atoms with Gasteiger partial charge in [0.05, 0.1) is 29.4 Å². The predicted octanol–water partition coefficient (Wildman–Crippen LogP) is 5.05. The van der Waals surface area contributed by atoms with Crippen LogP contribution >= 0.6 is 0 Å². The van der Waals surface area contributed by atoms with Gasteiger partial charge < -0.3 is 19.6 Å². The number of H-pyrrole nitrogens is 1. The van der Waals surface area contributed by atoms with Crippen LogP contribution in [0, 0.1) is 20.8 Å². The van der Waals surface area contributed by atoms with Gasteiger partial charge in [-0.1, -0.05) is 5.16 Å². The lowest BCUT2D eigenvalue weighted by atomic mass is 10.0. The number of benzene rings is 1. The number of nitrogens with zero attached hydrogens (tertiary/aromatic N) is 5. The summed E-state index contributed by atoms with van der Waals surface area (Å²) in [6.07, 6.45) is 2.42. The number of nitrogens with one attached hydrogen (secondary N) is 2. The van der Waals surface area contributed by atoms with E-state index in [-0.39, 0.29) is 0 Å². The van der Waals surface area contributed by atoms with Gasteiger partial charge >= 0.3 is 0 Å². The first kappa shape index (κ1) is 19.8. The SMILES string of the molecule is COc1cc2c(cc1-c1c(C)noc1C)[nH]c1nc(C)nc(Nc3cc(C4CC4)nn3C)c12. The van der Waals surface area contributed by atoms with Gasteiger partial charge in [0, 0.05) is 35.5 Å². The zero-order valence-electron chi connectivity index (χ0n) is 19.3. The minimum atomic E-state index is 0.582. The van der Waals surface area contributed by atoms with Crippen molar-refractivity contribution in [1.29, 1.82) is 0 Å². The summed E-state index contributed by atoms with van der Waals surface area (Å²) in [7, 11) is 3.63. The van der Waals surface area contributed by atoms with Crippen LogP contribution in [-0.2, 0) is 7.05 Å². The lowest BCUT2D eigenvalue weighted by Gasteiger charge is -2.10. The number of hydrogen-bond acceptors (Lipinski definition) is 7. The number of methoxy groups -OCH3 is 1. The third-order valence-corrected chi connectivity index (χ3v) is 6.33. The average molecular weight is 444 g/mol. The first-order chi connectivity index (χ1) is 15.9. The Balaban J connectivity index is 1.54. The predicted molar refractivity (Wildman–Crippen MR) is 126 cm³/mol. The number of ether oxygens (including phenoxy) is 1. The van der Waals surface area contributed by atoms with E-state index in [9.17, 15) is 0 Å². The van der Waals surface area contributed by atoms with Crippen LogP contribution in [0.25, 0.3) is 33.1 Å². The Labute approximate surface area is 190 Å². The summed E-state index contributed by atoms with van der Waals surface area (Å²) in [6.45, 7) is 5.73. The third kappa shape index (κ3) is 3.14. The average Bonchev–Trinajstić information content (AvgIpc) is 3.37. The standard InChI is InChI=1S/C24H25N7O2/c1-11-21(12(2)33-30-11)16-8-18-15(9-19(16)32-5)22-23(27-18)25-13(3)26-24(22)28-20-10-17(14-6-7-14)29-31(20)4/h8-10,14H,6-7H2,1-5H3,(H2,25,26,27,28). The van der Waals surface area contributed by atoms with Crippen LogP contribution in [0.1, 0.15) is 41.7 Å². The Morgan fingerprint density at radius 1 is 1.15 bits per heavy atom. The van der Waals surface area contributed by atoms with E-state index in [0.29, 0.717) is 11.7 Å². The Bertz CT molecular complexity index is 1520. The highest BCUT2D eigenvalue weighted by Crippen LogP contribution is 2.42. The van der Waals surface area contributed by atoms with E-state index in [0.717, 1.165) is 67.6 Å². The van der Waals surface area contributed by atoms with Crippen LogP contribution in [0.15, 0.2) is 22.7 Å². The highest BCUT2D eigenvalue weighted by Gasteiger charge is 2.27. The highest BCUT2D eigenvalue weighted by molar-refractivity contribution is 6.13. The molecule has 9 nitrogen and oxygen atoms in total. The van der Waals surface area contributed by atoms with Crippen LogP contribution in [-0.4, -0.2) is 37.0 Å². The van der Waals surface area contributed by atoms with Gasteiger partial charge in [0.25, 0.3) is 0 Å². The summed E-state index contributed by atoms with van der Waals surface area (Å²) >= 11 is 0.